The maximum atomic E-state index is 9.82. The van der Waals surface area contributed by atoms with Crippen LogP contribution in [-0.2, 0) is 0 Å². The van der Waals surface area contributed by atoms with Crippen molar-refractivity contribution in [2.75, 3.05) is 6.54 Å². The van der Waals surface area contributed by atoms with E-state index in [1.165, 1.54) is 0 Å². The zero-order valence-corrected chi connectivity index (χ0v) is 7.29. The highest BCUT2D eigenvalue weighted by Gasteiger charge is 2.05. The predicted molar refractivity (Wildman–Crippen MR) is 45.4 cm³/mol. The molecule has 0 aliphatic carbocycles. The summed E-state index contributed by atoms with van der Waals surface area (Å²) in [7, 11) is 0. The highest BCUT2D eigenvalue weighted by molar-refractivity contribution is 4.59. The van der Waals surface area contributed by atoms with E-state index < -0.39 is 0 Å². The molecule has 0 aromatic rings. The van der Waals surface area contributed by atoms with E-state index in [4.69, 9.17) is 5.11 Å². The largest absolute Gasteiger partial charge is 0.393 e. The lowest BCUT2D eigenvalue weighted by atomic mass is 10.0. The summed E-state index contributed by atoms with van der Waals surface area (Å²) in [5, 5.41) is 12.0. The van der Waals surface area contributed by atoms with Crippen molar-refractivity contribution >= 4 is 0 Å². The van der Waals surface area contributed by atoms with Gasteiger partial charge in [-0.2, -0.15) is 4.91 Å². The molecule has 0 spiro atoms. The van der Waals surface area contributed by atoms with Crippen molar-refractivity contribution in [2.45, 2.75) is 39.2 Å². The molecule has 0 aromatic heterocycles. The lowest BCUT2D eigenvalue weighted by Gasteiger charge is -2.09. The van der Waals surface area contributed by atoms with Gasteiger partial charge in [0.1, 0.15) is 0 Å². The SMILES string of the molecule is CCC(O)CCC(C)CN=O. The standard InChI is InChI=1S/C8H17NO2/c1-3-8(10)5-4-7(2)6-9-11/h7-8,10H,3-6H2,1-2H3. The van der Waals surface area contributed by atoms with E-state index in [-0.39, 0.29) is 6.10 Å². The minimum atomic E-state index is -0.205. The van der Waals surface area contributed by atoms with Gasteiger partial charge < -0.3 is 5.11 Å². The van der Waals surface area contributed by atoms with Gasteiger partial charge >= 0.3 is 0 Å². The third-order valence-corrected chi connectivity index (χ3v) is 1.85. The monoisotopic (exact) mass is 159 g/mol. The van der Waals surface area contributed by atoms with Crippen LogP contribution >= 0.6 is 0 Å². The second kappa shape index (κ2) is 6.28. The fraction of sp³-hybridized carbons (Fsp3) is 1.00. The van der Waals surface area contributed by atoms with Crippen molar-refractivity contribution in [3.05, 3.63) is 4.91 Å². The summed E-state index contributed by atoms with van der Waals surface area (Å²) in [6.45, 7) is 4.30. The Balaban J connectivity index is 3.29. The van der Waals surface area contributed by atoms with Gasteiger partial charge in [-0.05, 0) is 25.2 Å². The van der Waals surface area contributed by atoms with Crippen LogP contribution in [0, 0.1) is 10.8 Å². The summed E-state index contributed by atoms with van der Waals surface area (Å²) in [4.78, 5) is 9.82. The molecule has 0 radical (unpaired) electrons. The first-order valence-electron chi connectivity index (χ1n) is 4.17. The fourth-order valence-electron chi connectivity index (χ4n) is 0.900. The Hall–Kier alpha value is -0.440. The summed E-state index contributed by atoms with van der Waals surface area (Å²) in [6.07, 6.45) is 2.26. The van der Waals surface area contributed by atoms with E-state index in [0.29, 0.717) is 12.5 Å². The molecule has 3 heteroatoms. The molecular weight excluding hydrogens is 142 g/mol. The molecule has 0 saturated carbocycles. The normalized spacial score (nSPS) is 15.9. The van der Waals surface area contributed by atoms with Crippen LogP contribution in [0.5, 0.6) is 0 Å². The molecule has 2 unspecified atom stereocenters. The van der Waals surface area contributed by atoms with Crippen LogP contribution in [0.3, 0.4) is 0 Å². The Morgan fingerprint density at radius 3 is 2.55 bits per heavy atom. The molecular formula is C8H17NO2. The quantitative estimate of drug-likeness (QED) is 0.602. The Morgan fingerprint density at radius 1 is 1.45 bits per heavy atom. The maximum absolute atomic E-state index is 9.82. The van der Waals surface area contributed by atoms with Gasteiger partial charge in [0.2, 0.25) is 0 Å². The number of hydrogen-bond acceptors (Lipinski definition) is 3. The highest BCUT2D eigenvalue weighted by atomic mass is 16.3. The molecule has 1 N–H and O–H groups in total. The molecule has 2 atom stereocenters. The molecule has 0 bridgehead atoms. The zero-order chi connectivity index (χ0) is 8.69. The van der Waals surface area contributed by atoms with Crippen molar-refractivity contribution in [1.82, 2.24) is 0 Å². The Morgan fingerprint density at radius 2 is 2.09 bits per heavy atom. The number of aliphatic hydroxyl groups is 1. The van der Waals surface area contributed by atoms with Gasteiger partial charge in [-0.15, -0.1) is 0 Å². The lowest BCUT2D eigenvalue weighted by Crippen LogP contribution is -2.08. The van der Waals surface area contributed by atoms with E-state index in [0.717, 1.165) is 19.3 Å². The fourth-order valence-corrected chi connectivity index (χ4v) is 0.900. The number of nitroso groups, excluding NO2 is 1. The number of hydrogen-bond donors (Lipinski definition) is 1. The van der Waals surface area contributed by atoms with E-state index in [1.54, 1.807) is 0 Å². The Bertz CT molecular complexity index is 106. The minimum absolute atomic E-state index is 0.205. The van der Waals surface area contributed by atoms with Gasteiger partial charge in [0.25, 0.3) is 0 Å². The zero-order valence-electron chi connectivity index (χ0n) is 7.29. The molecule has 11 heavy (non-hydrogen) atoms. The van der Waals surface area contributed by atoms with Crippen LogP contribution in [0.25, 0.3) is 0 Å². The van der Waals surface area contributed by atoms with Gasteiger partial charge in [0.15, 0.2) is 0 Å². The lowest BCUT2D eigenvalue weighted by molar-refractivity contribution is 0.152. The van der Waals surface area contributed by atoms with Crippen LogP contribution in [0.15, 0.2) is 5.18 Å². The van der Waals surface area contributed by atoms with Crippen molar-refractivity contribution < 1.29 is 5.11 Å². The molecule has 3 nitrogen and oxygen atoms in total. The third-order valence-electron chi connectivity index (χ3n) is 1.85. The van der Waals surface area contributed by atoms with Crippen LogP contribution in [-0.4, -0.2) is 17.8 Å². The van der Waals surface area contributed by atoms with E-state index >= 15 is 0 Å². The molecule has 0 fully saturated rings. The Labute approximate surface area is 67.8 Å². The molecule has 66 valence electrons. The van der Waals surface area contributed by atoms with E-state index in [1.807, 2.05) is 13.8 Å². The molecule has 0 rings (SSSR count). The molecule has 0 aliphatic heterocycles. The van der Waals surface area contributed by atoms with Gasteiger partial charge in [-0.3, -0.25) is 0 Å². The topological polar surface area (TPSA) is 49.7 Å². The summed E-state index contributed by atoms with van der Waals surface area (Å²) in [5.74, 6) is 0.314. The van der Waals surface area contributed by atoms with Crippen molar-refractivity contribution in [1.29, 1.82) is 0 Å². The predicted octanol–water partition coefficient (Wildman–Crippen LogP) is 1.94. The minimum Gasteiger partial charge on any atom is -0.393 e. The summed E-state index contributed by atoms with van der Waals surface area (Å²) >= 11 is 0. The van der Waals surface area contributed by atoms with Gasteiger partial charge in [0.05, 0.1) is 12.6 Å². The highest BCUT2D eigenvalue weighted by Crippen LogP contribution is 2.09. The van der Waals surface area contributed by atoms with Gasteiger partial charge in [0, 0.05) is 0 Å². The van der Waals surface area contributed by atoms with Gasteiger partial charge in [-0.1, -0.05) is 19.0 Å². The number of rotatable bonds is 6. The van der Waals surface area contributed by atoms with Crippen LogP contribution in [0.4, 0.5) is 0 Å². The molecule has 0 aromatic carbocycles. The molecule has 0 aliphatic rings. The molecule has 0 heterocycles. The first-order valence-corrected chi connectivity index (χ1v) is 4.17. The third kappa shape index (κ3) is 5.98. The summed E-state index contributed by atoms with van der Waals surface area (Å²) in [5.41, 5.74) is 0. The van der Waals surface area contributed by atoms with E-state index in [9.17, 15) is 4.91 Å². The molecule has 0 saturated heterocycles. The summed E-state index contributed by atoms with van der Waals surface area (Å²) < 4.78 is 0. The van der Waals surface area contributed by atoms with Crippen LogP contribution in [0.2, 0.25) is 0 Å². The van der Waals surface area contributed by atoms with E-state index in [2.05, 4.69) is 5.18 Å². The van der Waals surface area contributed by atoms with Crippen molar-refractivity contribution in [3.63, 3.8) is 0 Å². The number of aliphatic hydroxyl groups excluding tert-OH is 1. The number of nitrogens with zero attached hydrogens (tertiary/aromatic N) is 1. The van der Waals surface area contributed by atoms with Crippen LogP contribution in [0.1, 0.15) is 33.1 Å². The second-order valence-electron chi connectivity index (χ2n) is 3.06. The Kier molecular flexibility index (Phi) is 6.03. The second-order valence-corrected chi connectivity index (χ2v) is 3.06. The van der Waals surface area contributed by atoms with Crippen molar-refractivity contribution in [3.8, 4) is 0 Å². The summed E-state index contributed by atoms with van der Waals surface area (Å²) in [6, 6.07) is 0. The average molecular weight is 159 g/mol. The smallest absolute Gasteiger partial charge is 0.0836 e. The van der Waals surface area contributed by atoms with Crippen molar-refractivity contribution in [2.24, 2.45) is 11.1 Å². The maximum Gasteiger partial charge on any atom is 0.0836 e. The van der Waals surface area contributed by atoms with Gasteiger partial charge in [-0.25, -0.2) is 0 Å². The van der Waals surface area contributed by atoms with Crippen LogP contribution < -0.4 is 0 Å². The first kappa shape index (κ1) is 10.6. The average Bonchev–Trinajstić information content (AvgIpc) is 2.01. The first-order chi connectivity index (χ1) is 5.20. The molecule has 0 amide bonds.